The zero-order valence-corrected chi connectivity index (χ0v) is 24.0. The van der Waals surface area contributed by atoms with Crippen LogP contribution < -0.4 is 15.0 Å². The molecule has 1 aliphatic heterocycles. The molecule has 1 saturated heterocycles. The Morgan fingerprint density at radius 1 is 1.16 bits per heavy atom. The quantitative estimate of drug-likeness (QED) is 0.259. The number of pyridine rings is 2. The molecule has 1 aliphatic rings. The second-order valence-corrected chi connectivity index (χ2v) is 10.4. The fourth-order valence-electron chi connectivity index (χ4n) is 5.28. The summed E-state index contributed by atoms with van der Waals surface area (Å²) in [5, 5.41) is 12.6. The number of rotatable bonds is 8. The van der Waals surface area contributed by atoms with Crippen molar-refractivity contribution in [2.75, 3.05) is 31.8 Å². The first-order chi connectivity index (χ1) is 21.4. The number of carbonyl (C=O) groups excluding carboxylic acids is 1. The number of methoxy groups -OCH3 is 1. The predicted octanol–water partition coefficient (Wildman–Crippen LogP) is 5.09. The fourth-order valence-corrected chi connectivity index (χ4v) is 5.28. The number of halogens is 5. The summed E-state index contributed by atoms with van der Waals surface area (Å²) in [4.78, 5) is 35.0. The van der Waals surface area contributed by atoms with Crippen LogP contribution in [-0.2, 0) is 16.0 Å². The second kappa shape index (κ2) is 12.6. The average molecular weight is 631 g/mol. The number of carboxylic acid groups (broad SMARTS) is 1. The Bertz CT molecular complexity index is 1740. The van der Waals surface area contributed by atoms with Gasteiger partial charge < -0.3 is 24.8 Å². The van der Waals surface area contributed by atoms with E-state index in [0.717, 1.165) is 10.6 Å². The highest BCUT2D eigenvalue weighted by molar-refractivity contribution is 5.99. The number of fused-ring (bicyclic) bond motifs is 1. The first kappa shape index (κ1) is 31.6. The number of benzene rings is 2. The SMILES string of the molecule is COc1ccc(C)nc1-c1ccc(C[C@H](NC(=O)c2c(F)cc(N3CCOC[C@H]3C(F)(F)F)cc2F)C(=O)O)c2cccnc12. The van der Waals surface area contributed by atoms with Crippen molar-refractivity contribution in [1.82, 2.24) is 15.3 Å². The highest BCUT2D eigenvalue weighted by Crippen LogP contribution is 2.35. The topological polar surface area (TPSA) is 114 Å². The monoisotopic (exact) mass is 630 g/mol. The molecule has 2 N–H and O–H groups in total. The number of morpholine rings is 1. The van der Waals surface area contributed by atoms with E-state index in [1.807, 2.05) is 6.92 Å². The number of hydrogen-bond acceptors (Lipinski definition) is 7. The molecule has 9 nitrogen and oxygen atoms in total. The standard InChI is InChI=1S/C31H27F5N4O5/c1-16-5-8-24(44-2)28(38-16)20-7-6-17(19-4-3-9-37-27(19)20)12-23(30(42)43)39-29(41)26-21(32)13-18(14-22(26)33)40-10-11-45-15-25(40)31(34,35)36/h3-9,13-14,23,25H,10-12,15H2,1-2H3,(H,39,41)(H,42,43)/t23-,25-/m0/s1. The average Bonchev–Trinajstić information content (AvgIpc) is 3.00. The Kier molecular flexibility index (Phi) is 8.87. The number of aliphatic carboxylic acids is 1. The van der Waals surface area contributed by atoms with Gasteiger partial charge in [-0.1, -0.05) is 18.2 Å². The van der Waals surface area contributed by atoms with E-state index < -0.39 is 59.6 Å². The number of aryl methyl sites for hydroxylation is 1. The van der Waals surface area contributed by atoms with Crippen LogP contribution in [0.4, 0.5) is 27.6 Å². The molecule has 236 valence electrons. The number of nitrogens with zero attached hydrogens (tertiary/aromatic N) is 3. The Morgan fingerprint density at radius 2 is 1.89 bits per heavy atom. The molecule has 2 aromatic heterocycles. The minimum Gasteiger partial charge on any atom is -0.494 e. The van der Waals surface area contributed by atoms with Gasteiger partial charge in [-0.05, 0) is 42.8 Å². The van der Waals surface area contributed by atoms with Gasteiger partial charge in [0.25, 0.3) is 5.91 Å². The molecule has 45 heavy (non-hydrogen) atoms. The summed E-state index contributed by atoms with van der Waals surface area (Å²) < 4.78 is 81.1. The normalized spacial score (nSPS) is 16.0. The number of nitrogens with one attached hydrogen (secondary N) is 1. The molecule has 3 heterocycles. The lowest BCUT2D eigenvalue weighted by atomic mass is 9.96. The lowest BCUT2D eigenvalue weighted by Crippen LogP contribution is -2.53. The summed E-state index contributed by atoms with van der Waals surface area (Å²) in [6.07, 6.45) is -3.47. The Labute approximate surface area is 253 Å². The van der Waals surface area contributed by atoms with Crippen LogP contribution in [0, 0.1) is 18.6 Å². The van der Waals surface area contributed by atoms with Gasteiger partial charge in [0.1, 0.15) is 40.7 Å². The number of carbonyl (C=O) groups is 2. The van der Waals surface area contributed by atoms with Crippen LogP contribution in [-0.4, -0.2) is 72.1 Å². The van der Waals surface area contributed by atoms with Crippen molar-refractivity contribution < 1.29 is 46.1 Å². The summed E-state index contributed by atoms with van der Waals surface area (Å²) in [6, 6.07) is 7.69. The van der Waals surface area contributed by atoms with Crippen molar-refractivity contribution in [3.8, 4) is 17.0 Å². The van der Waals surface area contributed by atoms with Crippen LogP contribution >= 0.6 is 0 Å². The number of ether oxygens (including phenoxy) is 2. The molecule has 0 spiro atoms. The second-order valence-electron chi connectivity index (χ2n) is 10.4. The number of hydrogen-bond donors (Lipinski definition) is 2. The Hall–Kier alpha value is -4.85. The van der Waals surface area contributed by atoms with Crippen molar-refractivity contribution in [3.05, 3.63) is 83.2 Å². The summed E-state index contributed by atoms with van der Waals surface area (Å²) in [7, 11) is 1.50. The number of aromatic nitrogens is 2. The van der Waals surface area contributed by atoms with Gasteiger partial charge in [0.15, 0.2) is 0 Å². The zero-order chi connectivity index (χ0) is 32.5. The summed E-state index contributed by atoms with van der Waals surface area (Å²) in [6.45, 7) is 0.701. The first-order valence-corrected chi connectivity index (χ1v) is 13.7. The van der Waals surface area contributed by atoms with Gasteiger partial charge in [-0.3, -0.25) is 9.78 Å². The van der Waals surface area contributed by atoms with Crippen LogP contribution in [0.2, 0.25) is 0 Å². The van der Waals surface area contributed by atoms with Crippen LogP contribution in [0.1, 0.15) is 21.6 Å². The molecular formula is C31H27F5N4O5. The van der Waals surface area contributed by atoms with E-state index in [-0.39, 0.29) is 19.6 Å². The highest BCUT2D eigenvalue weighted by Gasteiger charge is 2.46. The van der Waals surface area contributed by atoms with E-state index in [1.54, 1.807) is 42.6 Å². The third-order valence-electron chi connectivity index (χ3n) is 7.45. The van der Waals surface area contributed by atoms with Crippen molar-refractivity contribution in [2.24, 2.45) is 0 Å². The molecule has 1 fully saturated rings. The predicted molar refractivity (Wildman–Crippen MR) is 153 cm³/mol. The zero-order valence-electron chi connectivity index (χ0n) is 24.0. The minimum atomic E-state index is -4.74. The largest absolute Gasteiger partial charge is 0.494 e. The number of anilines is 1. The van der Waals surface area contributed by atoms with Crippen molar-refractivity contribution >= 4 is 28.5 Å². The maximum Gasteiger partial charge on any atom is 0.411 e. The van der Waals surface area contributed by atoms with E-state index >= 15 is 8.78 Å². The number of alkyl halides is 3. The van der Waals surface area contributed by atoms with E-state index in [1.165, 1.54) is 7.11 Å². The van der Waals surface area contributed by atoms with Crippen molar-refractivity contribution in [3.63, 3.8) is 0 Å². The third kappa shape index (κ3) is 6.50. The lowest BCUT2D eigenvalue weighted by Gasteiger charge is -2.38. The fraction of sp³-hybridized carbons (Fsp3) is 0.290. The van der Waals surface area contributed by atoms with Gasteiger partial charge in [0, 0.05) is 41.5 Å². The Balaban J connectivity index is 1.43. The van der Waals surface area contributed by atoms with Crippen LogP contribution in [0.15, 0.2) is 54.7 Å². The van der Waals surface area contributed by atoms with E-state index in [0.29, 0.717) is 45.6 Å². The molecular weight excluding hydrogens is 603 g/mol. The third-order valence-corrected chi connectivity index (χ3v) is 7.45. The molecule has 4 aromatic rings. The van der Waals surface area contributed by atoms with Gasteiger partial charge >= 0.3 is 12.1 Å². The summed E-state index contributed by atoms with van der Waals surface area (Å²) in [5.74, 6) is -5.26. The lowest BCUT2D eigenvalue weighted by molar-refractivity contribution is -0.167. The van der Waals surface area contributed by atoms with Crippen molar-refractivity contribution in [1.29, 1.82) is 0 Å². The van der Waals surface area contributed by atoms with Crippen LogP contribution in [0.5, 0.6) is 5.75 Å². The van der Waals surface area contributed by atoms with Gasteiger partial charge in [0.05, 0.1) is 25.8 Å². The van der Waals surface area contributed by atoms with Crippen LogP contribution in [0.25, 0.3) is 22.2 Å². The number of amides is 1. The molecule has 14 heteroatoms. The van der Waals surface area contributed by atoms with Gasteiger partial charge in [-0.25, -0.2) is 18.6 Å². The summed E-state index contributed by atoms with van der Waals surface area (Å²) >= 11 is 0. The Morgan fingerprint density at radius 3 is 2.56 bits per heavy atom. The van der Waals surface area contributed by atoms with Crippen molar-refractivity contribution in [2.45, 2.75) is 31.6 Å². The first-order valence-electron chi connectivity index (χ1n) is 13.7. The molecule has 0 radical (unpaired) electrons. The molecule has 2 aromatic carbocycles. The smallest absolute Gasteiger partial charge is 0.411 e. The van der Waals surface area contributed by atoms with Gasteiger partial charge in [-0.15, -0.1) is 0 Å². The van der Waals surface area contributed by atoms with Gasteiger partial charge in [-0.2, -0.15) is 13.2 Å². The maximum atomic E-state index is 15.1. The van der Waals surface area contributed by atoms with E-state index in [2.05, 4.69) is 15.3 Å². The van der Waals surface area contributed by atoms with E-state index in [9.17, 15) is 27.9 Å². The molecule has 0 aliphatic carbocycles. The molecule has 0 saturated carbocycles. The van der Waals surface area contributed by atoms with E-state index in [4.69, 9.17) is 9.47 Å². The molecule has 5 rings (SSSR count). The number of carboxylic acids is 1. The summed E-state index contributed by atoms with van der Waals surface area (Å²) in [5.41, 5.74) is 1.25. The molecule has 0 unspecified atom stereocenters. The maximum absolute atomic E-state index is 15.1. The highest BCUT2D eigenvalue weighted by atomic mass is 19.4. The van der Waals surface area contributed by atoms with Crippen LogP contribution in [0.3, 0.4) is 0 Å². The molecule has 0 bridgehead atoms. The van der Waals surface area contributed by atoms with Gasteiger partial charge in [0.2, 0.25) is 0 Å². The molecule has 1 amide bonds. The minimum absolute atomic E-state index is 0.0986. The molecule has 2 atom stereocenters.